The molecule has 0 aliphatic heterocycles. The third-order valence-electron chi connectivity index (χ3n) is 4.23. The van der Waals surface area contributed by atoms with Gasteiger partial charge in [0.05, 0.1) is 36.7 Å². The Hall–Kier alpha value is -3.22. The zero-order chi connectivity index (χ0) is 23.0. The number of carbonyl (C=O) groups is 1. The highest BCUT2D eigenvalue weighted by Crippen LogP contribution is 2.34. The summed E-state index contributed by atoms with van der Waals surface area (Å²) in [6, 6.07) is 8.21. The minimum atomic E-state index is -3.67. The van der Waals surface area contributed by atoms with Crippen molar-refractivity contribution in [3.63, 3.8) is 0 Å². The van der Waals surface area contributed by atoms with E-state index in [0.29, 0.717) is 5.56 Å². The Morgan fingerprint density at radius 1 is 1.06 bits per heavy atom. The highest BCUT2D eigenvalue weighted by Gasteiger charge is 2.24. The lowest BCUT2D eigenvalue weighted by molar-refractivity contribution is -0.385. The van der Waals surface area contributed by atoms with Crippen LogP contribution in [-0.2, 0) is 21.3 Å². The van der Waals surface area contributed by atoms with Gasteiger partial charge in [-0.25, -0.2) is 13.1 Å². The first kappa shape index (κ1) is 24.1. The molecule has 0 unspecified atom stereocenters. The maximum Gasteiger partial charge on any atom is 0.286 e. The SMILES string of the molecule is COCCNS(=O)(=O)c1ccc(CNC(=O)c2cc(OC)c(OC)cc2[N+](=O)[O-])cc1. The summed E-state index contributed by atoms with van der Waals surface area (Å²) in [6.45, 7) is 0.411. The average Bonchev–Trinajstić information content (AvgIpc) is 2.76. The first-order chi connectivity index (χ1) is 14.7. The Kier molecular flexibility index (Phi) is 8.30. The van der Waals surface area contributed by atoms with Crippen LogP contribution < -0.4 is 19.5 Å². The molecule has 0 fully saturated rings. The number of nitrogens with one attached hydrogen (secondary N) is 2. The molecule has 0 spiro atoms. The molecule has 0 bridgehead atoms. The van der Waals surface area contributed by atoms with Crippen LogP contribution in [0, 0.1) is 10.1 Å². The van der Waals surface area contributed by atoms with Crippen LogP contribution >= 0.6 is 0 Å². The van der Waals surface area contributed by atoms with Gasteiger partial charge in [0.1, 0.15) is 5.56 Å². The highest BCUT2D eigenvalue weighted by molar-refractivity contribution is 7.89. The quantitative estimate of drug-likeness (QED) is 0.295. The highest BCUT2D eigenvalue weighted by atomic mass is 32.2. The molecule has 1 amide bonds. The number of nitro groups is 1. The number of amides is 1. The molecule has 0 atom stereocenters. The molecular weight excluding hydrogens is 430 g/mol. The van der Waals surface area contributed by atoms with Gasteiger partial charge in [-0.2, -0.15) is 0 Å². The standard InChI is InChI=1S/C19H23N3O8S/c1-28-9-8-21-31(26,27)14-6-4-13(5-7-14)12-20-19(23)15-10-17(29-2)18(30-3)11-16(15)22(24)25/h4-7,10-11,21H,8-9,12H2,1-3H3,(H,20,23). The minimum absolute atomic E-state index is 0.0295. The maximum absolute atomic E-state index is 12.6. The van der Waals surface area contributed by atoms with Crippen LogP contribution in [0.5, 0.6) is 11.5 Å². The molecule has 31 heavy (non-hydrogen) atoms. The van der Waals surface area contributed by atoms with Gasteiger partial charge in [-0.1, -0.05) is 12.1 Å². The predicted molar refractivity (Wildman–Crippen MR) is 111 cm³/mol. The average molecular weight is 453 g/mol. The molecule has 2 aromatic rings. The molecule has 168 valence electrons. The van der Waals surface area contributed by atoms with Gasteiger partial charge >= 0.3 is 0 Å². The van der Waals surface area contributed by atoms with E-state index in [1.54, 1.807) is 0 Å². The number of ether oxygens (including phenoxy) is 3. The Morgan fingerprint density at radius 2 is 1.68 bits per heavy atom. The molecule has 0 aliphatic carbocycles. The number of benzene rings is 2. The van der Waals surface area contributed by atoms with Crippen molar-refractivity contribution in [2.24, 2.45) is 0 Å². The number of sulfonamides is 1. The summed E-state index contributed by atoms with van der Waals surface area (Å²) >= 11 is 0. The Bertz CT molecular complexity index is 1040. The van der Waals surface area contributed by atoms with Crippen LogP contribution in [0.15, 0.2) is 41.3 Å². The summed E-state index contributed by atoms with van der Waals surface area (Å²) in [5.41, 5.74) is -0.0183. The van der Waals surface area contributed by atoms with Crippen molar-refractivity contribution in [2.45, 2.75) is 11.4 Å². The monoisotopic (exact) mass is 453 g/mol. The third kappa shape index (κ3) is 6.13. The molecule has 0 saturated carbocycles. The van der Waals surface area contributed by atoms with Gasteiger partial charge < -0.3 is 19.5 Å². The smallest absolute Gasteiger partial charge is 0.286 e. The van der Waals surface area contributed by atoms with Crippen LogP contribution in [0.1, 0.15) is 15.9 Å². The molecule has 2 N–H and O–H groups in total. The van der Waals surface area contributed by atoms with Crippen molar-refractivity contribution in [1.29, 1.82) is 0 Å². The molecule has 12 heteroatoms. The molecular formula is C19H23N3O8S. The topological polar surface area (TPSA) is 146 Å². The van der Waals surface area contributed by atoms with Gasteiger partial charge in [0, 0.05) is 26.3 Å². The van der Waals surface area contributed by atoms with Gasteiger partial charge in [0.2, 0.25) is 10.0 Å². The molecule has 2 rings (SSSR count). The first-order valence-corrected chi connectivity index (χ1v) is 10.5. The van der Waals surface area contributed by atoms with Gasteiger partial charge in [0.15, 0.2) is 11.5 Å². The van der Waals surface area contributed by atoms with Crippen molar-refractivity contribution in [1.82, 2.24) is 10.0 Å². The fraction of sp³-hybridized carbons (Fsp3) is 0.316. The summed E-state index contributed by atoms with van der Waals surface area (Å²) in [6.07, 6.45) is 0. The predicted octanol–water partition coefficient (Wildman–Crippen LogP) is 1.47. The maximum atomic E-state index is 12.6. The fourth-order valence-electron chi connectivity index (χ4n) is 2.63. The normalized spacial score (nSPS) is 11.1. The van der Waals surface area contributed by atoms with E-state index in [1.807, 2.05) is 0 Å². The summed E-state index contributed by atoms with van der Waals surface area (Å²) in [5, 5.41) is 13.9. The van der Waals surface area contributed by atoms with E-state index in [-0.39, 0.29) is 41.7 Å². The zero-order valence-corrected chi connectivity index (χ0v) is 18.0. The number of nitro benzene ring substituents is 1. The lowest BCUT2D eigenvalue weighted by Gasteiger charge is -2.11. The largest absolute Gasteiger partial charge is 0.493 e. The second-order valence-electron chi connectivity index (χ2n) is 6.20. The van der Waals surface area contributed by atoms with Crippen LogP contribution in [0.2, 0.25) is 0 Å². The van der Waals surface area contributed by atoms with E-state index in [9.17, 15) is 23.3 Å². The number of nitrogens with zero attached hydrogens (tertiary/aromatic N) is 1. The lowest BCUT2D eigenvalue weighted by Crippen LogP contribution is -2.27. The molecule has 0 aliphatic rings. The van der Waals surface area contributed by atoms with E-state index in [4.69, 9.17) is 14.2 Å². The third-order valence-corrected chi connectivity index (χ3v) is 5.71. The second kappa shape index (κ2) is 10.7. The van der Waals surface area contributed by atoms with Crippen LogP contribution in [0.4, 0.5) is 5.69 Å². The number of methoxy groups -OCH3 is 3. The summed E-state index contributed by atoms with van der Waals surface area (Å²) < 4.78 is 41.7. The van der Waals surface area contributed by atoms with Crippen molar-refractivity contribution >= 4 is 21.6 Å². The van der Waals surface area contributed by atoms with Crippen LogP contribution in [-0.4, -0.2) is 53.7 Å². The molecule has 11 nitrogen and oxygen atoms in total. The Morgan fingerprint density at radius 3 is 2.23 bits per heavy atom. The zero-order valence-electron chi connectivity index (χ0n) is 17.2. The summed E-state index contributed by atoms with van der Waals surface area (Å²) in [4.78, 5) is 23.3. The lowest BCUT2D eigenvalue weighted by atomic mass is 10.1. The minimum Gasteiger partial charge on any atom is -0.493 e. The molecule has 0 radical (unpaired) electrons. The van der Waals surface area contributed by atoms with E-state index in [1.165, 1.54) is 51.7 Å². The van der Waals surface area contributed by atoms with Gasteiger partial charge in [-0.15, -0.1) is 0 Å². The number of carbonyl (C=O) groups excluding carboxylic acids is 1. The van der Waals surface area contributed by atoms with Crippen molar-refractivity contribution in [3.05, 3.63) is 57.6 Å². The second-order valence-corrected chi connectivity index (χ2v) is 7.97. The van der Waals surface area contributed by atoms with Crippen molar-refractivity contribution in [2.75, 3.05) is 34.5 Å². The van der Waals surface area contributed by atoms with E-state index in [2.05, 4.69) is 10.0 Å². The molecule has 2 aromatic carbocycles. The number of hydrogen-bond donors (Lipinski definition) is 2. The van der Waals surface area contributed by atoms with Crippen LogP contribution in [0.25, 0.3) is 0 Å². The van der Waals surface area contributed by atoms with Gasteiger partial charge in [-0.05, 0) is 17.7 Å². The van der Waals surface area contributed by atoms with Crippen molar-refractivity contribution in [3.8, 4) is 11.5 Å². The summed E-state index contributed by atoms with van der Waals surface area (Å²) in [5.74, 6) is -0.388. The Balaban J connectivity index is 2.13. The number of rotatable bonds is 11. The first-order valence-electron chi connectivity index (χ1n) is 8.99. The van der Waals surface area contributed by atoms with E-state index in [0.717, 1.165) is 6.07 Å². The van der Waals surface area contributed by atoms with Gasteiger partial charge in [0.25, 0.3) is 11.6 Å². The van der Waals surface area contributed by atoms with E-state index < -0.39 is 26.5 Å². The fourth-order valence-corrected chi connectivity index (χ4v) is 3.64. The van der Waals surface area contributed by atoms with Gasteiger partial charge in [-0.3, -0.25) is 14.9 Å². The Labute approximate surface area is 179 Å². The molecule has 0 aromatic heterocycles. The number of hydrogen-bond acceptors (Lipinski definition) is 8. The van der Waals surface area contributed by atoms with Crippen molar-refractivity contribution < 1.29 is 32.3 Å². The summed E-state index contributed by atoms with van der Waals surface area (Å²) in [7, 11) is 0.479. The van der Waals surface area contributed by atoms with E-state index >= 15 is 0 Å². The molecule has 0 heterocycles. The van der Waals surface area contributed by atoms with Crippen LogP contribution in [0.3, 0.4) is 0 Å². The molecule has 0 saturated heterocycles.